The monoisotopic (exact) mass is 452 g/mol. The lowest BCUT2D eigenvalue weighted by atomic mass is 9.98. The summed E-state index contributed by atoms with van der Waals surface area (Å²) in [7, 11) is -3.15. The maximum atomic E-state index is 6.79. The number of hydrogen-bond acceptors (Lipinski definition) is 4. The van der Waals surface area contributed by atoms with E-state index in [1.165, 1.54) is 77.0 Å². The molecule has 3 saturated carbocycles. The van der Waals surface area contributed by atoms with Crippen LogP contribution in [0.4, 0.5) is 0 Å². The van der Waals surface area contributed by atoms with Crippen LogP contribution in [-0.2, 0) is 17.7 Å². The molecule has 0 amide bonds. The predicted octanol–water partition coefficient (Wildman–Crippen LogP) is 7.62. The minimum atomic E-state index is -3.15. The van der Waals surface area contributed by atoms with Crippen molar-refractivity contribution in [2.45, 2.75) is 147 Å². The van der Waals surface area contributed by atoms with E-state index < -0.39 is 9.05 Å². The molecule has 0 saturated heterocycles. The Bertz CT molecular complexity index is 418. The summed E-state index contributed by atoms with van der Waals surface area (Å²) in [6.07, 6.45) is 26.9. The van der Waals surface area contributed by atoms with Crippen molar-refractivity contribution in [3.05, 3.63) is 12.7 Å². The van der Waals surface area contributed by atoms with Gasteiger partial charge >= 0.3 is 9.05 Å². The molecule has 0 radical (unpaired) electrons. The topological polar surface area (TPSA) is 36.9 Å². The van der Waals surface area contributed by atoms with Crippen LogP contribution in [0.2, 0.25) is 0 Å². The third-order valence-electron chi connectivity index (χ3n) is 7.17. The van der Waals surface area contributed by atoms with Crippen LogP contribution in [0.25, 0.3) is 0 Å². The van der Waals surface area contributed by atoms with E-state index in [1.54, 1.807) is 0 Å². The van der Waals surface area contributed by atoms with Gasteiger partial charge in [0.2, 0.25) is 0 Å². The highest BCUT2D eigenvalue weighted by Gasteiger charge is 2.51. The van der Waals surface area contributed by atoms with Gasteiger partial charge in [0.1, 0.15) is 0 Å². The standard InChI is InChI=1S/C26H48O4Si/c1-2-3-4-5-6-16-23-27-31(28-24-17-10-7-11-18-24,29-25-19-12-8-13-20-25)30-26-21-14-9-15-22-26/h2,24-26H,1,3-23H2. The molecule has 3 aliphatic rings. The van der Waals surface area contributed by atoms with Gasteiger partial charge in [0.05, 0.1) is 18.3 Å². The van der Waals surface area contributed by atoms with E-state index in [0.29, 0.717) is 6.61 Å². The molecule has 0 bridgehead atoms. The Labute approximate surface area is 192 Å². The van der Waals surface area contributed by atoms with Crippen LogP contribution in [0.5, 0.6) is 0 Å². The Hall–Kier alpha value is -0.203. The Morgan fingerprint density at radius 1 is 0.581 bits per heavy atom. The first kappa shape index (κ1) is 25.4. The lowest BCUT2D eigenvalue weighted by molar-refractivity contribution is -0.105. The summed E-state index contributed by atoms with van der Waals surface area (Å²) in [6.45, 7) is 4.53. The summed E-state index contributed by atoms with van der Waals surface area (Å²) in [5, 5.41) is 0. The Morgan fingerprint density at radius 2 is 1.00 bits per heavy atom. The fourth-order valence-electron chi connectivity index (χ4n) is 5.29. The summed E-state index contributed by atoms with van der Waals surface area (Å²) in [4.78, 5) is 0. The van der Waals surface area contributed by atoms with E-state index in [1.807, 2.05) is 6.08 Å². The third-order valence-corrected chi connectivity index (χ3v) is 9.59. The van der Waals surface area contributed by atoms with Gasteiger partial charge in [0.25, 0.3) is 0 Å². The normalized spacial score (nSPS) is 22.6. The molecule has 3 aliphatic carbocycles. The highest BCUT2D eigenvalue weighted by molar-refractivity contribution is 6.53. The maximum Gasteiger partial charge on any atom is 0.680 e. The van der Waals surface area contributed by atoms with E-state index in [2.05, 4.69) is 6.58 Å². The minimum Gasteiger partial charge on any atom is -0.351 e. The minimum absolute atomic E-state index is 0.250. The largest absolute Gasteiger partial charge is 0.680 e. The van der Waals surface area contributed by atoms with Crippen molar-refractivity contribution >= 4 is 9.05 Å². The fourth-order valence-corrected chi connectivity index (χ4v) is 7.99. The van der Waals surface area contributed by atoms with Gasteiger partial charge in [-0.2, -0.15) is 0 Å². The molecule has 0 aromatic heterocycles. The molecule has 0 spiro atoms. The van der Waals surface area contributed by atoms with E-state index in [-0.39, 0.29) is 18.3 Å². The molecule has 180 valence electrons. The van der Waals surface area contributed by atoms with Crippen LogP contribution in [0, 0.1) is 0 Å². The van der Waals surface area contributed by atoms with Crippen molar-refractivity contribution in [3.8, 4) is 0 Å². The maximum absolute atomic E-state index is 6.79. The Morgan fingerprint density at radius 3 is 1.42 bits per heavy atom. The molecule has 4 nitrogen and oxygen atoms in total. The molecule has 5 heteroatoms. The van der Waals surface area contributed by atoms with Crippen molar-refractivity contribution in [1.82, 2.24) is 0 Å². The van der Waals surface area contributed by atoms with Crippen LogP contribution in [-0.4, -0.2) is 34.0 Å². The van der Waals surface area contributed by atoms with Crippen LogP contribution in [0.1, 0.15) is 128 Å². The quantitative estimate of drug-likeness (QED) is 0.154. The van der Waals surface area contributed by atoms with Crippen molar-refractivity contribution in [3.63, 3.8) is 0 Å². The first-order chi connectivity index (χ1) is 15.3. The molecule has 3 fully saturated rings. The number of hydrogen-bond donors (Lipinski definition) is 0. The Balaban J connectivity index is 1.63. The smallest absolute Gasteiger partial charge is 0.351 e. The first-order valence-corrected chi connectivity index (χ1v) is 15.2. The van der Waals surface area contributed by atoms with Crippen LogP contribution >= 0.6 is 0 Å². The van der Waals surface area contributed by atoms with Gasteiger partial charge in [-0.1, -0.05) is 76.7 Å². The van der Waals surface area contributed by atoms with Crippen molar-refractivity contribution in [1.29, 1.82) is 0 Å². The van der Waals surface area contributed by atoms with E-state index in [4.69, 9.17) is 17.7 Å². The van der Waals surface area contributed by atoms with Crippen LogP contribution in [0.15, 0.2) is 12.7 Å². The SMILES string of the molecule is C=CCCCCCCO[Si](OC1CCCCC1)(OC1CCCCC1)OC1CCCCC1. The summed E-state index contributed by atoms with van der Waals surface area (Å²) < 4.78 is 27.0. The van der Waals surface area contributed by atoms with Gasteiger partial charge in [0.15, 0.2) is 0 Å². The molecule has 0 atom stereocenters. The zero-order chi connectivity index (χ0) is 21.6. The second-order valence-electron chi connectivity index (χ2n) is 9.97. The average molecular weight is 453 g/mol. The number of allylic oxidation sites excluding steroid dienone is 1. The third kappa shape index (κ3) is 9.67. The van der Waals surface area contributed by atoms with Gasteiger partial charge in [-0.3, -0.25) is 0 Å². The fraction of sp³-hybridized carbons (Fsp3) is 0.923. The van der Waals surface area contributed by atoms with Gasteiger partial charge in [-0.05, 0) is 57.8 Å². The highest BCUT2D eigenvalue weighted by atomic mass is 28.4. The molecule has 0 unspecified atom stereocenters. The van der Waals surface area contributed by atoms with E-state index in [0.717, 1.165) is 51.4 Å². The lowest BCUT2D eigenvalue weighted by Crippen LogP contribution is -2.56. The first-order valence-electron chi connectivity index (χ1n) is 13.6. The molecule has 0 N–H and O–H groups in total. The highest BCUT2D eigenvalue weighted by Crippen LogP contribution is 2.33. The summed E-state index contributed by atoms with van der Waals surface area (Å²) in [5.41, 5.74) is 0. The van der Waals surface area contributed by atoms with Gasteiger partial charge in [0, 0.05) is 6.61 Å². The van der Waals surface area contributed by atoms with Crippen LogP contribution in [0.3, 0.4) is 0 Å². The summed E-state index contributed by atoms with van der Waals surface area (Å²) >= 11 is 0. The van der Waals surface area contributed by atoms with E-state index in [9.17, 15) is 0 Å². The second-order valence-corrected chi connectivity index (χ2v) is 12.0. The molecular formula is C26H48O4Si. The van der Waals surface area contributed by atoms with Crippen molar-refractivity contribution in [2.75, 3.05) is 6.61 Å². The zero-order valence-corrected chi connectivity index (χ0v) is 21.0. The summed E-state index contributed by atoms with van der Waals surface area (Å²) in [5.74, 6) is 0. The summed E-state index contributed by atoms with van der Waals surface area (Å²) in [6, 6.07) is 0. The molecule has 3 rings (SSSR count). The predicted molar refractivity (Wildman–Crippen MR) is 129 cm³/mol. The number of unbranched alkanes of at least 4 members (excludes halogenated alkanes) is 4. The number of rotatable bonds is 14. The molecule has 0 heterocycles. The molecule has 0 aromatic rings. The molecular weight excluding hydrogens is 404 g/mol. The van der Waals surface area contributed by atoms with Gasteiger partial charge in [-0.15, -0.1) is 6.58 Å². The Kier molecular flexibility index (Phi) is 12.2. The van der Waals surface area contributed by atoms with E-state index >= 15 is 0 Å². The van der Waals surface area contributed by atoms with Crippen LogP contribution < -0.4 is 0 Å². The molecule has 31 heavy (non-hydrogen) atoms. The molecule has 0 aromatic carbocycles. The lowest BCUT2D eigenvalue weighted by Gasteiger charge is -2.39. The second kappa shape index (κ2) is 14.8. The van der Waals surface area contributed by atoms with Crippen molar-refractivity contribution in [2.24, 2.45) is 0 Å². The van der Waals surface area contributed by atoms with Gasteiger partial charge in [-0.25, -0.2) is 0 Å². The van der Waals surface area contributed by atoms with Crippen molar-refractivity contribution < 1.29 is 17.7 Å². The van der Waals surface area contributed by atoms with Gasteiger partial charge < -0.3 is 17.7 Å². The molecule has 0 aliphatic heterocycles. The zero-order valence-electron chi connectivity index (χ0n) is 20.0. The average Bonchev–Trinajstić information content (AvgIpc) is 2.80.